The first-order chi connectivity index (χ1) is 15.6. The molecule has 6 nitrogen and oxygen atoms in total. The lowest BCUT2D eigenvalue weighted by molar-refractivity contribution is 0.0886. The topological polar surface area (TPSA) is 57.2 Å². The third-order valence-electron chi connectivity index (χ3n) is 5.68. The van der Waals surface area contributed by atoms with Gasteiger partial charge in [0, 0.05) is 34.7 Å². The molecule has 0 fully saturated rings. The molecule has 0 radical (unpaired) electrons. The Kier molecular flexibility index (Phi) is 5.36. The molecular weight excluding hydrogens is 426 g/mol. The molecule has 32 heavy (non-hydrogen) atoms. The fourth-order valence-electron chi connectivity index (χ4n) is 4.19. The van der Waals surface area contributed by atoms with Gasteiger partial charge in [-0.15, -0.1) is 11.3 Å². The second-order valence-electron chi connectivity index (χ2n) is 7.73. The summed E-state index contributed by atoms with van der Waals surface area (Å²) in [5.41, 5.74) is 3.13. The Labute approximate surface area is 190 Å². The van der Waals surface area contributed by atoms with Crippen molar-refractivity contribution in [1.29, 1.82) is 0 Å². The maximum absolute atomic E-state index is 13.2. The van der Waals surface area contributed by atoms with E-state index in [2.05, 4.69) is 22.4 Å². The number of nitrogens with zero attached hydrogens (tertiary/aromatic N) is 1. The summed E-state index contributed by atoms with van der Waals surface area (Å²) >= 11 is 1.73. The van der Waals surface area contributed by atoms with Gasteiger partial charge in [-0.1, -0.05) is 18.2 Å². The lowest BCUT2D eigenvalue weighted by Crippen LogP contribution is -2.31. The first kappa shape index (κ1) is 20.6. The summed E-state index contributed by atoms with van der Waals surface area (Å²) in [5.74, 6) is 2.63. The molecule has 1 aromatic heterocycles. The van der Waals surface area contributed by atoms with E-state index in [1.54, 1.807) is 31.6 Å². The van der Waals surface area contributed by atoms with Gasteiger partial charge < -0.3 is 18.9 Å². The van der Waals surface area contributed by atoms with Crippen LogP contribution in [-0.2, 0) is 13.1 Å². The monoisotopic (exact) mass is 449 g/mol. The van der Waals surface area contributed by atoms with Crippen molar-refractivity contribution in [1.82, 2.24) is 4.90 Å². The van der Waals surface area contributed by atoms with E-state index in [4.69, 9.17) is 18.9 Å². The Balaban J connectivity index is 1.46. The van der Waals surface area contributed by atoms with Crippen molar-refractivity contribution in [2.75, 3.05) is 21.0 Å². The Bertz CT molecular complexity index is 1220. The Morgan fingerprint density at radius 1 is 1.16 bits per heavy atom. The molecule has 0 saturated carbocycles. The third-order valence-corrected chi connectivity index (χ3v) is 6.54. The standard InChI is InChI=1S/C25H23NO5S/c1-15-23-17(12-26(14-30-23)13-18-7-5-9-32-18)10-19-22(27)21(31-24(15)19)11-16-6-4-8-20(28-2)25(16)29-3/h4-11H,12-14H2,1-3H3/b21-11-. The van der Waals surface area contributed by atoms with E-state index in [0.29, 0.717) is 35.1 Å². The van der Waals surface area contributed by atoms with E-state index in [9.17, 15) is 4.79 Å². The van der Waals surface area contributed by atoms with Gasteiger partial charge in [0.05, 0.1) is 19.8 Å². The normalized spacial score (nSPS) is 16.3. The van der Waals surface area contributed by atoms with Crippen LogP contribution >= 0.6 is 11.3 Å². The zero-order valence-electron chi connectivity index (χ0n) is 18.1. The quantitative estimate of drug-likeness (QED) is 0.509. The highest BCUT2D eigenvalue weighted by molar-refractivity contribution is 7.09. The van der Waals surface area contributed by atoms with Gasteiger partial charge in [-0.3, -0.25) is 9.69 Å². The number of thiophene rings is 1. The predicted octanol–water partition coefficient (Wildman–Crippen LogP) is 5.04. The predicted molar refractivity (Wildman–Crippen MR) is 123 cm³/mol. The molecule has 0 N–H and O–H groups in total. The molecule has 0 unspecified atom stereocenters. The van der Waals surface area contributed by atoms with Crippen LogP contribution in [0.15, 0.2) is 47.5 Å². The van der Waals surface area contributed by atoms with Gasteiger partial charge in [-0.2, -0.15) is 0 Å². The zero-order chi connectivity index (χ0) is 22.2. The maximum atomic E-state index is 13.2. The summed E-state index contributed by atoms with van der Waals surface area (Å²) in [5, 5.41) is 2.08. The number of ether oxygens (including phenoxy) is 4. The summed E-state index contributed by atoms with van der Waals surface area (Å²) in [6.07, 6.45) is 1.70. The van der Waals surface area contributed by atoms with Crippen molar-refractivity contribution >= 4 is 23.2 Å². The number of para-hydroxylation sites is 1. The van der Waals surface area contributed by atoms with Gasteiger partial charge in [0.2, 0.25) is 5.78 Å². The van der Waals surface area contributed by atoms with E-state index < -0.39 is 0 Å². The highest BCUT2D eigenvalue weighted by atomic mass is 32.1. The van der Waals surface area contributed by atoms with Crippen LogP contribution in [0, 0.1) is 6.92 Å². The van der Waals surface area contributed by atoms with Crippen LogP contribution in [0.1, 0.15) is 31.9 Å². The van der Waals surface area contributed by atoms with Gasteiger partial charge in [-0.05, 0) is 36.6 Å². The van der Waals surface area contributed by atoms with Crippen molar-refractivity contribution in [2.24, 2.45) is 0 Å². The molecule has 2 aliphatic rings. The van der Waals surface area contributed by atoms with Crippen molar-refractivity contribution in [3.8, 4) is 23.0 Å². The molecule has 0 aliphatic carbocycles. The number of rotatable bonds is 5. The van der Waals surface area contributed by atoms with Crippen molar-refractivity contribution in [3.05, 3.63) is 74.7 Å². The lowest BCUT2D eigenvalue weighted by Gasteiger charge is -2.30. The van der Waals surface area contributed by atoms with Gasteiger partial charge in [0.15, 0.2) is 17.3 Å². The van der Waals surface area contributed by atoms with Crippen LogP contribution < -0.4 is 18.9 Å². The van der Waals surface area contributed by atoms with E-state index in [1.165, 1.54) is 4.88 Å². The summed E-state index contributed by atoms with van der Waals surface area (Å²) < 4.78 is 23.0. The van der Waals surface area contributed by atoms with Crippen LogP contribution in [0.3, 0.4) is 0 Å². The number of allylic oxidation sites excluding steroid dienone is 1. The lowest BCUT2D eigenvalue weighted by atomic mass is 10.00. The number of methoxy groups -OCH3 is 2. The molecule has 164 valence electrons. The van der Waals surface area contributed by atoms with Crippen LogP contribution in [-0.4, -0.2) is 31.6 Å². The number of hydrogen-bond donors (Lipinski definition) is 0. The average molecular weight is 450 g/mol. The van der Waals surface area contributed by atoms with Gasteiger partial charge in [0.25, 0.3) is 0 Å². The van der Waals surface area contributed by atoms with Crippen molar-refractivity contribution < 1.29 is 23.7 Å². The molecule has 3 aromatic rings. The van der Waals surface area contributed by atoms with E-state index in [-0.39, 0.29) is 11.5 Å². The first-order valence-corrected chi connectivity index (χ1v) is 11.2. The Morgan fingerprint density at radius 2 is 2.03 bits per heavy atom. The maximum Gasteiger partial charge on any atom is 0.231 e. The molecule has 2 aliphatic heterocycles. The number of benzene rings is 2. The van der Waals surface area contributed by atoms with Crippen molar-refractivity contribution in [3.63, 3.8) is 0 Å². The zero-order valence-corrected chi connectivity index (χ0v) is 19.0. The minimum Gasteiger partial charge on any atom is -0.493 e. The molecule has 3 heterocycles. The van der Waals surface area contributed by atoms with Crippen LogP contribution in [0.25, 0.3) is 6.08 Å². The second-order valence-corrected chi connectivity index (χ2v) is 8.76. The van der Waals surface area contributed by atoms with Gasteiger partial charge in [0.1, 0.15) is 18.2 Å². The highest BCUT2D eigenvalue weighted by Gasteiger charge is 2.34. The minimum absolute atomic E-state index is 0.147. The van der Waals surface area contributed by atoms with Crippen LogP contribution in [0.5, 0.6) is 23.0 Å². The molecule has 0 saturated heterocycles. The summed E-state index contributed by atoms with van der Waals surface area (Å²) in [7, 11) is 3.15. The third kappa shape index (κ3) is 3.53. The molecule has 0 amide bonds. The summed E-state index contributed by atoms with van der Waals surface area (Å²) in [6.45, 7) is 3.98. The van der Waals surface area contributed by atoms with E-state index >= 15 is 0 Å². The molecule has 5 rings (SSSR count). The SMILES string of the molecule is COc1cccc(/C=C2\Oc3c(cc4c(c3C)OCN(Cc3cccs3)C4)C2=O)c1OC. The smallest absolute Gasteiger partial charge is 0.231 e. The van der Waals surface area contributed by atoms with E-state index in [1.807, 2.05) is 31.2 Å². The largest absolute Gasteiger partial charge is 0.493 e. The van der Waals surface area contributed by atoms with Gasteiger partial charge >= 0.3 is 0 Å². The number of Topliss-reactive ketones (excluding diaryl/α,β-unsaturated/α-hetero) is 1. The van der Waals surface area contributed by atoms with Crippen molar-refractivity contribution in [2.45, 2.75) is 20.0 Å². The molecule has 7 heteroatoms. The number of carbonyl (C=O) groups excluding carboxylic acids is 1. The Hall–Kier alpha value is -3.29. The Morgan fingerprint density at radius 3 is 2.78 bits per heavy atom. The summed E-state index contributed by atoms with van der Waals surface area (Å²) in [4.78, 5) is 16.7. The van der Waals surface area contributed by atoms with Crippen LogP contribution in [0.2, 0.25) is 0 Å². The first-order valence-electron chi connectivity index (χ1n) is 10.3. The fourth-order valence-corrected chi connectivity index (χ4v) is 4.93. The highest BCUT2D eigenvalue weighted by Crippen LogP contribution is 2.44. The average Bonchev–Trinajstić information content (AvgIpc) is 3.42. The summed E-state index contributed by atoms with van der Waals surface area (Å²) in [6, 6.07) is 11.6. The number of fused-ring (bicyclic) bond motifs is 2. The molecule has 0 spiro atoms. The fraction of sp³-hybridized carbons (Fsp3) is 0.240. The second kappa shape index (κ2) is 8.33. The van der Waals surface area contributed by atoms with E-state index in [0.717, 1.165) is 30.0 Å². The molecule has 0 bridgehead atoms. The number of carbonyl (C=O) groups is 1. The van der Waals surface area contributed by atoms with Gasteiger partial charge in [-0.25, -0.2) is 0 Å². The van der Waals surface area contributed by atoms with Crippen LogP contribution in [0.4, 0.5) is 0 Å². The molecule has 2 aromatic carbocycles. The minimum atomic E-state index is -0.147. The number of ketones is 1. The number of hydrogen-bond acceptors (Lipinski definition) is 7. The molecular formula is C25H23NO5S. The molecule has 0 atom stereocenters.